The van der Waals surface area contributed by atoms with E-state index in [1.54, 1.807) is 22.3 Å². The summed E-state index contributed by atoms with van der Waals surface area (Å²) in [4.78, 5) is 15.8. The number of hydrogen-bond donors (Lipinski definition) is 1. The standard InChI is InChI=1S/C16H15N7O2/c1-3-25-16(24)18-15-17-14-10(2)8-11(9-22(14)20-15)23-13-7-5-4-6-12(13)19-21-23/h4-9H,3H2,1-2H3,(H,18,20,24). The van der Waals surface area contributed by atoms with Crippen LogP contribution in [0.25, 0.3) is 22.4 Å². The lowest BCUT2D eigenvalue weighted by molar-refractivity contribution is 0.167. The van der Waals surface area contributed by atoms with Gasteiger partial charge in [0.25, 0.3) is 5.95 Å². The van der Waals surface area contributed by atoms with E-state index in [9.17, 15) is 4.79 Å². The summed E-state index contributed by atoms with van der Waals surface area (Å²) in [6.07, 6.45) is 1.20. The van der Waals surface area contributed by atoms with Crippen LogP contribution in [0.3, 0.4) is 0 Å². The highest BCUT2D eigenvalue weighted by atomic mass is 16.5. The van der Waals surface area contributed by atoms with Crippen LogP contribution in [-0.4, -0.2) is 42.3 Å². The molecule has 4 aromatic rings. The van der Waals surface area contributed by atoms with Crippen LogP contribution in [0.4, 0.5) is 10.7 Å². The first-order valence-electron chi connectivity index (χ1n) is 7.77. The van der Waals surface area contributed by atoms with Crippen molar-refractivity contribution in [3.8, 4) is 5.69 Å². The summed E-state index contributed by atoms with van der Waals surface area (Å²) >= 11 is 0. The number of amides is 1. The van der Waals surface area contributed by atoms with Crippen molar-refractivity contribution in [2.45, 2.75) is 13.8 Å². The van der Waals surface area contributed by atoms with Gasteiger partial charge in [0.05, 0.1) is 24.0 Å². The van der Waals surface area contributed by atoms with Gasteiger partial charge in [-0.3, -0.25) is 5.32 Å². The maximum absolute atomic E-state index is 11.5. The molecule has 0 saturated carbocycles. The molecule has 25 heavy (non-hydrogen) atoms. The van der Waals surface area contributed by atoms with Gasteiger partial charge in [0.1, 0.15) is 5.52 Å². The molecule has 9 nitrogen and oxygen atoms in total. The van der Waals surface area contributed by atoms with Gasteiger partial charge in [0.2, 0.25) is 0 Å². The number of nitrogens with one attached hydrogen (secondary N) is 1. The van der Waals surface area contributed by atoms with E-state index in [2.05, 4.69) is 25.7 Å². The van der Waals surface area contributed by atoms with Gasteiger partial charge >= 0.3 is 6.09 Å². The summed E-state index contributed by atoms with van der Waals surface area (Å²) in [5, 5.41) is 15.2. The molecule has 3 aromatic heterocycles. The first-order valence-corrected chi connectivity index (χ1v) is 7.77. The summed E-state index contributed by atoms with van der Waals surface area (Å²) in [6, 6.07) is 9.65. The van der Waals surface area contributed by atoms with Crippen LogP contribution >= 0.6 is 0 Å². The van der Waals surface area contributed by atoms with Crippen LogP contribution in [-0.2, 0) is 4.74 Å². The minimum absolute atomic E-state index is 0.183. The highest BCUT2D eigenvalue weighted by Gasteiger charge is 2.13. The maximum Gasteiger partial charge on any atom is 0.414 e. The first kappa shape index (κ1) is 15.1. The van der Waals surface area contributed by atoms with E-state index in [0.29, 0.717) is 5.65 Å². The fourth-order valence-electron chi connectivity index (χ4n) is 2.62. The van der Waals surface area contributed by atoms with Crippen molar-refractivity contribution in [3.05, 3.63) is 42.1 Å². The third-order valence-corrected chi connectivity index (χ3v) is 3.69. The molecule has 3 heterocycles. The largest absolute Gasteiger partial charge is 0.450 e. The smallest absolute Gasteiger partial charge is 0.414 e. The van der Waals surface area contributed by atoms with Crippen LogP contribution in [0.2, 0.25) is 0 Å². The predicted molar refractivity (Wildman–Crippen MR) is 90.8 cm³/mol. The Morgan fingerprint density at radius 2 is 2.16 bits per heavy atom. The van der Waals surface area contributed by atoms with Gasteiger partial charge in [-0.25, -0.2) is 14.0 Å². The van der Waals surface area contributed by atoms with E-state index in [1.807, 2.05) is 37.3 Å². The van der Waals surface area contributed by atoms with Crippen LogP contribution in [0.1, 0.15) is 12.5 Å². The van der Waals surface area contributed by atoms with Crippen LogP contribution in [0.15, 0.2) is 36.5 Å². The summed E-state index contributed by atoms with van der Waals surface area (Å²) in [6.45, 7) is 3.93. The number of benzene rings is 1. The molecule has 9 heteroatoms. The molecule has 0 atom stereocenters. The Kier molecular flexibility index (Phi) is 3.53. The minimum Gasteiger partial charge on any atom is -0.450 e. The summed E-state index contributed by atoms with van der Waals surface area (Å²) in [5.74, 6) is 0.183. The maximum atomic E-state index is 11.5. The van der Waals surface area contributed by atoms with Crippen molar-refractivity contribution in [1.82, 2.24) is 29.6 Å². The second-order valence-electron chi connectivity index (χ2n) is 5.42. The molecule has 0 aliphatic rings. The molecule has 0 saturated heterocycles. The first-order chi connectivity index (χ1) is 12.2. The SMILES string of the molecule is CCOC(=O)Nc1nc2c(C)cc(-n3nnc4ccccc43)cn2n1. The number of fused-ring (bicyclic) bond motifs is 2. The molecule has 1 amide bonds. The topological polar surface area (TPSA) is 99.2 Å². The van der Waals surface area contributed by atoms with E-state index in [1.165, 1.54) is 0 Å². The Morgan fingerprint density at radius 1 is 1.32 bits per heavy atom. The molecule has 4 rings (SSSR count). The number of ether oxygens (including phenoxy) is 1. The van der Waals surface area contributed by atoms with E-state index in [4.69, 9.17) is 4.74 Å². The number of hydrogen-bond acceptors (Lipinski definition) is 6. The lowest BCUT2D eigenvalue weighted by atomic mass is 10.2. The van der Waals surface area contributed by atoms with Crippen molar-refractivity contribution in [2.24, 2.45) is 0 Å². The second-order valence-corrected chi connectivity index (χ2v) is 5.42. The number of anilines is 1. The average Bonchev–Trinajstić information content (AvgIpc) is 3.18. The number of nitrogens with zero attached hydrogens (tertiary/aromatic N) is 6. The molecule has 0 radical (unpaired) electrons. The van der Waals surface area contributed by atoms with E-state index in [-0.39, 0.29) is 12.6 Å². The zero-order chi connectivity index (χ0) is 17.4. The predicted octanol–water partition coefficient (Wildman–Crippen LogP) is 2.34. The molecule has 0 aliphatic carbocycles. The number of pyridine rings is 1. The molecule has 1 N–H and O–H groups in total. The van der Waals surface area contributed by atoms with Crippen molar-refractivity contribution >= 4 is 28.7 Å². The number of carbonyl (C=O) groups is 1. The summed E-state index contributed by atoms with van der Waals surface area (Å²) < 4.78 is 8.18. The quantitative estimate of drug-likeness (QED) is 0.616. The van der Waals surface area contributed by atoms with Gasteiger partial charge in [-0.05, 0) is 37.6 Å². The third kappa shape index (κ3) is 2.65. The Balaban J connectivity index is 1.78. The zero-order valence-electron chi connectivity index (χ0n) is 13.7. The molecule has 0 aliphatic heterocycles. The molecule has 0 fully saturated rings. The molecule has 0 spiro atoms. The Hall–Kier alpha value is -3.49. The van der Waals surface area contributed by atoms with Crippen LogP contribution in [0.5, 0.6) is 0 Å². The van der Waals surface area contributed by atoms with Crippen molar-refractivity contribution in [2.75, 3.05) is 11.9 Å². The third-order valence-electron chi connectivity index (χ3n) is 3.69. The molecule has 1 aromatic carbocycles. The fourth-order valence-corrected chi connectivity index (χ4v) is 2.62. The van der Waals surface area contributed by atoms with E-state index in [0.717, 1.165) is 22.3 Å². The Bertz CT molecular complexity index is 1080. The molecular weight excluding hydrogens is 322 g/mol. The van der Waals surface area contributed by atoms with Gasteiger partial charge in [-0.1, -0.05) is 17.3 Å². The fraction of sp³-hybridized carbons (Fsp3) is 0.188. The average molecular weight is 337 g/mol. The van der Waals surface area contributed by atoms with Gasteiger partial charge in [-0.2, -0.15) is 4.98 Å². The lowest BCUT2D eigenvalue weighted by Crippen LogP contribution is -2.14. The highest BCUT2D eigenvalue weighted by Crippen LogP contribution is 2.19. The van der Waals surface area contributed by atoms with Crippen LogP contribution in [0, 0.1) is 6.92 Å². The molecule has 0 bridgehead atoms. The highest BCUT2D eigenvalue weighted by molar-refractivity contribution is 5.82. The molecular formula is C16H15N7O2. The zero-order valence-corrected chi connectivity index (χ0v) is 13.7. The van der Waals surface area contributed by atoms with Crippen molar-refractivity contribution < 1.29 is 9.53 Å². The second kappa shape index (κ2) is 5.86. The minimum atomic E-state index is -0.585. The molecule has 0 unspecified atom stereocenters. The number of aryl methyl sites for hydroxylation is 1. The number of carbonyl (C=O) groups excluding carboxylic acids is 1. The van der Waals surface area contributed by atoms with Crippen molar-refractivity contribution in [3.63, 3.8) is 0 Å². The summed E-state index contributed by atoms with van der Waals surface area (Å²) in [7, 11) is 0. The van der Waals surface area contributed by atoms with Crippen LogP contribution < -0.4 is 5.32 Å². The lowest BCUT2D eigenvalue weighted by Gasteiger charge is -2.04. The molecule has 126 valence electrons. The van der Waals surface area contributed by atoms with E-state index < -0.39 is 6.09 Å². The normalized spacial score (nSPS) is 11.1. The van der Waals surface area contributed by atoms with Gasteiger partial charge < -0.3 is 4.74 Å². The van der Waals surface area contributed by atoms with E-state index >= 15 is 0 Å². The van der Waals surface area contributed by atoms with Crippen molar-refractivity contribution in [1.29, 1.82) is 0 Å². The number of para-hydroxylation sites is 1. The number of rotatable bonds is 3. The Morgan fingerprint density at radius 3 is 3.00 bits per heavy atom. The van der Waals surface area contributed by atoms with Gasteiger partial charge in [-0.15, -0.1) is 10.2 Å². The number of aromatic nitrogens is 6. The Labute approximate surface area is 142 Å². The van der Waals surface area contributed by atoms with Gasteiger partial charge in [0.15, 0.2) is 5.65 Å². The summed E-state index contributed by atoms with van der Waals surface area (Å²) in [5.41, 5.74) is 4.03. The van der Waals surface area contributed by atoms with Gasteiger partial charge in [0, 0.05) is 0 Å². The monoisotopic (exact) mass is 337 g/mol.